The lowest BCUT2D eigenvalue weighted by Crippen LogP contribution is -2.17. The van der Waals surface area contributed by atoms with Crippen molar-refractivity contribution in [3.8, 4) is 0 Å². The van der Waals surface area contributed by atoms with Crippen LogP contribution < -0.4 is 0 Å². The summed E-state index contributed by atoms with van der Waals surface area (Å²) < 4.78 is 4.51. The van der Waals surface area contributed by atoms with Gasteiger partial charge in [-0.2, -0.15) is 0 Å². The lowest BCUT2D eigenvalue weighted by Gasteiger charge is -2.11. The van der Waals surface area contributed by atoms with Gasteiger partial charge in [0.1, 0.15) is 0 Å². The molecule has 64 valence electrons. The molecule has 0 unspecified atom stereocenters. The maximum Gasteiger partial charge on any atom is 0.305 e. The molecule has 1 N–H and O–H groups in total. The third-order valence-electron chi connectivity index (χ3n) is 2.28. The number of rotatable bonds is 2. The van der Waals surface area contributed by atoms with Gasteiger partial charge < -0.3 is 9.84 Å². The molecular weight excluding hydrogens is 144 g/mol. The fourth-order valence-corrected chi connectivity index (χ4v) is 1.55. The zero-order valence-corrected chi connectivity index (χ0v) is 6.75. The number of ether oxygens (including phenoxy) is 1. The minimum Gasteiger partial charge on any atom is -0.469 e. The number of aliphatic hydroxyl groups is 1. The van der Waals surface area contributed by atoms with Gasteiger partial charge in [-0.25, -0.2) is 0 Å². The van der Waals surface area contributed by atoms with Gasteiger partial charge in [0.25, 0.3) is 0 Å². The third-order valence-corrected chi connectivity index (χ3v) is 2.28. The van der Waals surface area contributed by atoms with Crippen LogP contribution in [0.2, 0.25) is 0 Å². The van der Waals surface area contributed by atoms with Crippen molar-refractivity contribution in [3.63, 3.8) is 0 Å². The summed E-state index contributed by atoms with van der Waals surface area (Å²) in [6.07, 6.45) is 2.91. The van der Waals surface area contributed by atoms with Crippen LogP contribution in [-0.2, 0) is 9.53 Å². The molecule has 1 aliphatic rings. The Morgan fingerprint density at radius 3 is 2.82 bits per heavy atom. The van der Waals surface area contributed by atoms with Gasteiger partial charge in [0.2, 0.25) is 0 Å². The molecular formula is C8H14O3. The van der Waals surface area contributed by atoms with Crippen molar-refractivity contribution < 1.29 is 14.6 Å². The minimum atomic E-state index is -0.283. The summed E-state index contributed by atoms with van der Waals surface area (Å²) in [5.74, 6) is -0.0709. The van der Waals surface area contributed by atoms with Crippen LogP contribution in [0.4, 0.5) is 0 Å². The van der Waals surface area contributed by atoms with Gasteiger partial charge in [0.15, 0.2) is 0 Å². The van der Waals surface area contributed by atoms with Crippen molar-refractivity contribution in [3.05, 3.63) is 0 Å². The normalized spacial score (nSPS) is 30.4. The first-order valence-corrected chi connectivity index (χ1v) is 3.99. The van der Waals surface area contributed by atoms with E-state index in [4.69, 9.17) is 0 Å². The van der Waals surface area contributed by atoms with E-state index >= 15 is 0 Å². The summed E-state index contributed by atoms with van der Waals surface area (Å²) in [5, 5.41) is 9.33. The highest BCUT2D eigenvalue weighted by Crippen LogP contribution is 2.28. The quantitative estimate of drug-likeness (QED) is 0.602. The van der Waals surface area contributed by atoms with Crippen LogP contribution in [0, 0.1) is 5.92 Å². The maximum absolute atomic E-state index is 10.8. The van der Waals surface area contributed by atoms with Crippen LogP contribution >= 0.6 is 0 Å². The molecule has 0 aromatic carbocycles. The van der Waals surface area contributed by atoms with Crippen LogP contribution in [-0.4, -0.2) is 24.3 Å². The first kappa shape index (κ1) is 8.53. The molecule has 0 heterocycles. The van der Waals surface area contributed by atoms with Gasteiger partial charge in [0, 0.05) is 0 Å². The van der Waals surface area contributed by atoms with Crippen molar-refractivity contribution in [2.75, 3.05) is 7.11 Å². The van der Waals surface area contributed by atoms with E-state index in [-0.39, 0.29) is 18.0 Å². The number of hydrogen-bond acceptors (Lipinski definition) is 3. The van der Waals surface area contributed by atoms with Crippen LogP contribution in [0.15, 0.2) is 0 Å². The molecule has 11 heavy (non-hydrogen) atoms. The fourth-order valence-electron chi connectivity index (χ4n) is 1.55. The van der Waals surface area contributed by atoms with Gasteiger partial charge in [-0.05, 0) is 18.8 Å². The van der Waals surface area contributed by atoms with E-state index in [0.717, 1.165) is 19.3 Å². The average Bonchev–Trinajstić information content (AvgIpc) is 2.37. The Balaban J connectivity index is 2.30. The van der Waals surface area contributed by atoms with E-state index in [1.165, 1.54) is 7.11 Å². The predicted molar refractivity (Wildman–Crippen MR) is 40.0 cm³/mol. The monoisotopic (exact) mass is 158 g/mol. The van der Waals surface area contributed by atoms with Crippen molar-refractivity contribution >= 4 is 5.97 Å². The van der Waals surface area contributed by atoms with Gasteiger partial charge in [-0.1, -0.05) is 6.42 Å². The molecule has 3 heteroatoms. The summed E-state index contributed by atoms with van der Waals surface area (Å²) in [5.41, 5.74) is 0. The summed E-state index contributed by atoms with van der Waals surface area (Å²) in [6.45, 7) is 0. The molecule has 0 saturated heterocycles. The van der Waals surface area contributed by atoms with E-state index in [1.807, 2.05) is 0 Å². The maximum atomic E-state index is 10.8. The Kier molecular flexibility index (Phi) is 2.88. The lowest BCUT2D eigenvalue weighted by molar-refractivity contribution is -0.142. The SMILES string of the molecule is COC(=O)C[C@H]1CCC[C@H]1O. The third kappa shape index (κ3) is 2.19. The van der Waals surface area contributed by atoms with E-state index in [1.54, 1.807) is 0 Å². The second-order valence-electron chi connectivity index (χ2n) is 3.04. The summed E-state index contributed by atoms with van der Waals surface area (Å²) >= 11 is 0. The Labute approximate surface area is 66.4 Å². The van der Waals surface area contributed by atoms with E-state index in [0.29, 0.717) is 6.42 Å². The van der Waals surface area contributed by atoms with E-state index < -0.39 is 0 Å². The zero-order valence-electron chi connectivity index (χ0n) is 6.75. The molecule has 0 radical (unpaired) electrons. The topological polar surface area (TPSA) is 46.5 Å². The van der Waals surface area contributed by atoms with Crippen molar-refractivity contribution in [1.29, 1.82) is 0 Å². The Morgan fingerprint density at radius 1 is 1.64 bits per heavy atom. The molecule has 1 fully saturated rings. The molecule has 2 atom stereocenters. The molecule has 0 aromatic heterocycles. The first-order valence-electron chi connectivity index (χ1n) is 3.99. The van der Waals surface area contributed by atoms with Crippen LogP contribution in [0.5, 0.6) is 0 Å². The highest BCUT2D eigenvalue weighted by molar-refractivity contribution is 5.69. The van der Waals surface area contributed by atoms with Gasteiger partial charge in [0.05, 0.1) is 19.6 Å². The highest BCUT2D eigenvalue weighted by atomic mass is 16.5. The molecule has 1 saturated carbocycles. The molecule has 0 aromatic rings. The van der Waals surface area contributed by atoms with Crippen molar-refractivity contribution in [2.24, 2.45) is 5.92 Å². The van der Waals surface area contributed by atoms with Gasteiger partial charge in [-0.3, -0.25) is 4.79 Å². The smallest absolute Gasteiger partial charge is 0.305 e. The molecule has 1 aliphatic carbocycles. The van der Waals surface area contributed by atoms with Crippen molar-refractivity contribution in [2.45, 2.75) is 31.8 Å². The molecule has 0 bridgehead atoms. The number of carbonyl (C=O) groups is 1. The summed E-state index contributed by atoms with van der Waals surface area (Å²) in [7, 11) is 1.38. The summed E-state index contributed by atoms with van der Waals surface area (Å²) in [4.78, 5) is 10.8. The number of hydrogen-bond donors (Lipinski definition) is 1. The number of esters is 1. The molecule has 0 aliphatic heterocycles. The predicted octanol–water partition coefficient (Wildman–Crippen LogP) is 0.710. The van der Waals surface area contributed by atoms with E-state index in [9.17, 15) is 9.90 Å². The molecule has 0 amide bonds. The molecule has 1 rings (SSSR count). The standard InChI is InChI=1S/C8H14O3/c1-11-8(10)5-6-3-2-4-7(6)9/h6-7,9H,2-5H2,1H3/t6-,7-/m1/s1. The second-order valence-corrected chi connectivity index (χ2v) is 3.04. The Hall–Kier alpha value is -0.570. The minimum absolute atomic E-state index is 0.141. The lowest BCUT2D eigenvalue weighted by atomic mass is 10.0. The van der Waals surface area contributed by atoms with Gasteiger partial charge in [-0.15, -0.1) is 0 Å². The van der Waals surface area contributed by atoms with Crippen molar-refractivity contribution in [1.82, 2.24) is 0 Å². The first-order chi connectivity index (χ1) is 5.24. The zero-order chi connectivity index (χ0) is 8.27. The summed E-state index contributed by atoms with van der Waals surface area (Å²) in [6, 6.07) is 0. The van der Waals surface area contributed by atoms with E-state index in [2.05, 4.69) is 4.74 Å². The fraction of sp³-hybridized carbons (Fsp3) is 0.875. The van der Waals surface area contributed by atoms with Crippen LogP contribution in [0.25, 0.3) is 0 Å². The second kappa shape index (κ2) is 3.72. The Bertz CT molecular complexity index is 144. The number of carbonyl (C=O) groups excluding carboxylic acids is 1. The number of aliphatic hydroxyl groups excluding tert-OH is 1. The molecule has 0 spiro atoms. The average molecular weight is 158 g/mol. The van der Waals surface area contributed by atoms with Crippen LogP contribution in [0.1, 0.15) is 25.7 Å². The Morgan fingerprint density at radius 2 is 2.36 bits per heavy atom. The number of methoxy groups -OCH3 is 1. The van der Waals surface area contributed by atoms with Crippen LogP contribution in [0.3, 0.4) is 0 Å². The van der Waals surface area contributed by atoms with Gasteiger partial charge >= 0.3 is 5.97 Å². The highest BCUT2D eigenvalue weighted by Gasteiger charge is 2.27. The largest absolute Gasteiger partial charge is 0.469 e. The molecule has 3 nitrogen and oxygen atoms in total.